The van der Waals surface area contributed by atoms with Gasteiger partial charge in [-0.3, -0.25) is 14.4 Å². The highest BCUT2D eigenvalue weighted by Crippen LogP contribution is 2.24. The van der Waals surface area contributed by atoms with Crippen molar-refractivity contribution in [2.24, 2.45) is 5.92 Å². The first-order chi connectivity index (χ1) is 10.0. The number of carbonyl (C=O) groups is 3. The Hall–Kier alpha value is -1.59. The number of carbonyl (C=O) groups excluding carboxylic acids is 2. The van der Waals surface area contributed by atoms with Gasteiger partial charge < -0.3 is 14.9 Å². The van der Waals surface area contributed by atoms with Crippen molar-refractivity contribution in [2.75, 3.05) is 19.6 Å². The van der Waals surface area contributed by atoms with Crippen LogP contribution in [0.5, 0.6) is 0 Å². The predicted molar refractivity (Wildman–Crippen MR) is 76.6 cm³/mol. The fourth-order valence-electron chi connectivity index (χ4n) is 3.26. The van der Waals surface area contributed by atoms with Gasteiger partial charge in [0.2, 0.25) is 11.8 Å². The van der Waals surface area contributed by atoms with E-state index in [-0.39, 0.29) is 24.4 Å². The molecule has 2 amide bonds. The van der Waals surface area contributed by atoms with Crippen LogP contribution < -0.4 is 0 Å². The first-order valence-corrected chi connectivity index (χ1v) is 7.80. The SMILES string of the molecule is CC1C(C(=O)O)CCN1C(=O)CN1CCCCCCC1=O. The van der Waals surface area contributed by atoms with Crippen LogP contribution in [0.3, 0.4) is 0 Å². The van der Waals surface area contributed by atoms with E-state index in [1.165, 1.54) is 0 Å². The van der Waals surface area contributed by atoms with Gasteiger partial charge in [0.25, 0.3) is 0 Å². The number of hydrogen-bond acceptors (Lipinski definition) is 3. The van der Waals surface area contributed by atoms with Crippen molar-refractivity contribution >= 4 is 17.8 Å². The van der Waals surface area contributed by atoms with Crippen LogP contribution in [0.25, 0.3) is 0 Å². The van der Waals surface area contributed by atoms with E-state index in [2.05, 4.69) is 0 Å². The summed E-state index contributed by atoms with van der Waals surface area (Å²) in [6.07, 6.45) is 5.02. The lowest BCUT2D eigenvalue weighted by atomic mass is 10.0. The molecule has 0 aromatic carbocycles. The molecule has 2 aliphatic heterocycles. The summed E-state index contributed by atoms with van der Waals surface area (Å²) in [4.78, 5) is 38.8. The molecule has 0 aromatic heterocycles. The maximum Gasteiger partial charge on any atom is 0.308 e. The molecule has 118 valence electrons. The second kappa shape index (κ2) is 6.91. The monoisotopic (exact) mass is 296 g/mol. The third-order valence-electron chi connectivity index (χ3n) is 4.64. The van der Waals surface area contributed by atoms with E-state index in [0.29, 0.717) is 25.9 Å². The fourth-order valence-corrected chi connectivity index (χ4v) is 3.26. The van der Waals surface area contributed by atoms with Crippen LogP contribution in [-0.2, 0) is 14.4 Å². The Morgan fingerprint density at radius 1 is 1.19 bits per heavy atom. The van der Waals surface area contributed by atoms with E-state index in [0.717, 1.165) is 25.7 Å². The number of carboxylic acid groups (broad SMARTS) is 1. The van der Waals surface area contributed by atoms with Gasteiger partial charge in [0, 0.05) is 25.6 Å². The average molecular weight is 296 g/mol. The van der Waals surface area contributed by atoms with E-state index < -0.39 is 11.9 Å². The van der Waals surface area contributed by atoms with Gasteiger partial charge in [-0.15, -0.1) is 0 Å². The summed E-state index contributed by atoms with van der Waals surface area (Å²) < 4.78 is 0. The molecule has 21 heavy (non-hydrogen) atoms. The van der Waals surface area contributed by atoms with Crippen LogP contribution in [-0.4, -0.2) is 58.4 Å². The number of amides is 2. The minimum atomic E-state index is -0.847. The van der Waals surface area contributed by atoms with Crippen molar-refractivity contribution in [3.05, 3.63) is 0 Å². The molecule has 0 aromatic rings. The van der Waals surface area contributed by atoms with Crippen molar-refractivity contribution in [1.29, 1.82) is 0 Å². The molecular formula is C15H24N2O4. The molecule has 2 atom stereocenters. The summed E-state index contributed by atoms with van der Waals surface area (Å²) in [5.74, 6) is -1.41. The first kappa shape index (κ1) is 15.8. The minimum Gasteiger partial charge on any atom is -0.481 e. The third-order valence-corrected chi connectivity index (χ3v) is 4.64. The molecule has 2 unspecified atom stereocenters. The zero-order valence-electron chi connectivity index (χ0n) is 12.6. The normalized spacial score (nSPS) is 27.4. The van der Waals surface area contributed by atoms with Crippen molar-refractivity contribution in [2.45, 2.75) is 51.5 Å². The largest absolute Gasteiger partial charge is 0.481 e. The number of aliphatic carboxylic acids is 1. The standard InChI is InChI=1S/C15H24N2O4/c1-11-12(15(20)21)7-9-17(11)14(19)10-16-8-5-3-2-4-6-13(16)18/h11-12H,2-10H2,1H3,(H,20,21). The quantitative estimate of drug-likeness (QED) is 0.846. The van der Waals surface area contributed by atoms with Crippen molar-refractivity contribution in [3.63, 3.8) is 0 Å². The van der Waals surface area contributed by atoms with Crippen LogP contribution in [0.15, 0.2) is 0 Å². The van der Waals surface area contributed by atoms with Gasteiger partial charge in [0.1, 0.15) is 0 Å². The van der Waals surface area contributed by atoms with Crippen LogP contribution in [0.4, 0.5) is 0 Å². The maximum atomic E-state index is 12.4. The molecule has 0 saturated carbocycles. The van der Waals surface area contributed by atoms with E-state index in [4.69, 9.17) is 5.11 Å². The summed E-state index contributed by atoms with van der Waals surface area (Å²) in [5, 5.41) is 9.11. The smallest absolute Gasteiger partial charge is 0.308 e. The molecule has 6 nitrogen and oxygen atoms in total. The molecule has 0 spiro atoms. The number of carboxylic acids is 1. The maximum absolute atomic E-state index is 12.4. The minimum absolute atomic E-state index is 0.0460. The van der Waals surface area contributed by atoms with Crippen molar-refractivity contribution in [3.8, 4) is 0 Å². The summed E-state index contributed by atoms with van der Waals surface area (Å²) in [7, 11) is 0. The molecule has 2 heterocycles. The molecule has 0 aliphatic carbocycles. The lowest BCUT2D eigenvalue weighted by Gasteiger charge is -2.29. The Bertz CT molecular complexity index is 424. The number of hydrogen-bond donors (Lipinski definition) is 1. The molecular weight excluding hydrogens is 272 g/mol. The van der Waals surface area contributed by atoms with Gasteiger partial charge in [0.15, 0.2) is 0 Å². The lowest BCUT2D eigenvalue weighted by Crippen LogP contribution is -2.45. The molecule has 0 radical (unpaired) electrons. The number of likely N-dealkylation sites (tertiary alicyclic amines) is 2. The van der Waals surface area contributed by atoms with Gasteiger partial charge in [-0.05, 0) is 26.2 Å². The first-order valence-electron chi connectivity index (χ1n) is 7.80. The molecule has 2 saturated heterocycles. The fraction of sp³-hybridized carbons (Fsp3) is 0.800. The second-order valence-corrected chi connectivity index (χ2v) is 6.04. The predicted octanol–water partition coefficient (Wildman–Crippen LogP) is 1.10. The molecule has 6 heteroatoms. The summed E-state index contributed by atoms with van der Waals surface area (Å²) in [6.45, 7) is 2.97. The Labute approximate surface area is 125 Å². The molecule has 2 fully saturated rings. The Balaban J connectivity index is 1.94. The van der Waals surface area contributed by atoms with E-state index >= 15 is 0 Å². The van der Waals surface area contributed by atoms with Crippen molar-refractivity contribution < 1.29 is 19.5 Å². The highest BCUT2D eigenvalue weighted by molar-refractivity contribution is 5.86. The van der Waals surface area contributed by atoms with Crippen LogP contribution >= 0.6 is 0 Å². The number of nitrogens with zero attached hydrogens (tertiary/aromatic N) is 2. The van der Waals surface area contributed by atoms with Gasteiger partial charge in [-0.25, -0.2) is 0 Å². The van der Waals surface area contributed by atoms with Crippen LogP contribution in [0, 0.1) is 5.92 Å². The highest BCUT2D eigenvalue weighted by atomic mass is 16.4. The summed E-state index contributed by atoms with van der Waals surface area (Å²) in [5.41, 5.74) is 0. The summed E-state index contributed by atoms with van der Waals surface area (Å²) in [6, 6.07) is -0.292. The van der Waals surface area contributed by atoms with E-state index in [9.17, 15) is 14.4 Å². The zero-order chi connectivity index (χ0) is 15.4. The van der Waals surface area contributed by atoms with Gasteiger partial charge in [-0.2, -0.15) is 0 Å². The molecule has 0 bridgehead atoms. The summed E-state index contributed by atoms with van der Waals surface area (Å²) >= 11 is 0. The third kappa shape index (κ3) is 3.74. The Morgan fingerprint density at radius 3 is 2.57 bits per heavy atom. The van der Waals surface area contributed by atoms with Gasteiger partial charge >= 0.3 is 5.97 Å². The Morgan fingerprint density at radius 2 is 1.90 bits per heavy atom. The van der Waals surface area contributed by atoms with Gasteiger partial charge in [-0.1, -0.05) is 12.8 Å². The highest BCUT2D eigenvalue weighted by Gasteiger charge is 2.38. The topological polar surface area (TPSA) is 77.9 Å². The molecule has 1 N–H and O–H groups in total. The van der Waals surface area contributed by atoms with Crippen LogP contribution in [0.2, 0.25) is 0 Å². The Kier molecular flexibility index (Phi) is 5.20. The average Bonchev–Trinajstić information content (AvgIpc) is 2.80. The molecule has 2 rings (SSSR count). The second-order valence-electron chi connectivity index (χ2n) is 6.04. The zero-order valence-corrected chi connectivity index (χ0v) is 12.6. The van der Waals surface area contributed by atoms with E-state index in [1.807, 2.05) is 0 Å². The number of rotatable bonds is 3. The molecule has 2 aliphatic rings. The lowest BCUT2D eigenvalue weighted by molar-refractivity contribution is -0.145. The van der Waals surface area contributed by atoms with E-state index in [1.54, 1.807) is 16.7 Å². The van der Waals surface area contributed by atoms with Crippen molar-refractivity contribution in [1.82, 2.24) is 9.80 Å². The van der Waals surface area contributed by atoms with Gasteiger partial charge in [0.05, 0.1) is 12.5 Å². The van der Waals surface area contributed by atoms with Crippen LogP contribution in [0.1, 0.15) is 45.4 Å².